The molecule has 3 rings (SSSR count). The van der Waals surface area contributed by atoms with Gasteiger partial charge in [-0.3, -0.25) is 14.5 Å². The standard InChI is InChI=1S/C21H29Cl2N5O3/c1-4-18(25(2)3)21(31)28-12-14(13-28)26-5-7-27(8-6-26)20(30)11-24-17-9-15(22)16(23)10-19(17)29/h4,9-10,14,24,29H,5-8,11-13H2,1-3H3/b18-4+. The number of nitrogens with one attached hydrogen (secondary N) is 1. The van der Waals surface area contributed by atoms with E-state index in [0.29, 0.717) is 35.5 Å². The smallest absolute Gasteiger partial charge is 0.269 e. The molecule has 10 heteroatoms. The maximum absolute atomic E-state index is 12.5. The van der Waals surface area contributed by atoms with Gasteiger partial charge in [0, 0.05) is 65.5 Å². The molecular formula is C21H29Cl2N5O3. The average Bonchev–Trinajstić information content (AvgIpc) is 2.69. The first-order valence-electron chi connectivity index (χ1n) is 10.3. The van der Waals surface area contributed by atoms with Crippen LogP contribution in [0.3, 0.4) is 0 Å². The summed E-state index contributed by atoms with van der Waals surface area (Å²) in [6.07, 6.45) is 1.84. The zero-order chi connectivity index (χ0) is 22.7. The molecule has 0 spiro atoms. The van der Waals surface area contributed by atoms with Gasteiger partial charge in [0.1, 0.15) is 5.75 Å². The highest BCUT2D eigenvalue weighted by Crippen LogP contribution is 2.33. The Bertz CT molecular complexity index is 863. The molecule has 0 atom stereocenters. The third kappa shape index (κ3) is 5.37. The molecule has 2 aliphatic heterocycles. The third-order valence-corrected chi connectivity index (χ3v) is 6.50. The lowest BCUT2D eigenvalue weighted by Gasteiger charge is -2.48. The number of halogens is 2. The minimum absolute atomic E-state index is 0.0424. The molecule has 8 nitrogen and oxygen atoms in total. The summed E-state index contributed by atoms with van der Waals surface area (Å²) in [6, 6.07) is 3.19. The van der Waals surface area contributed by atoms with Crippen molar-refractivity contribution in [2.45, 2.75) is 13.0 Å². The lowest BCUT2D eigenvalue weighted by atomic mass is 10.0. The molecule has 1 aromatic carbocycles. The maximum atomic E-state index is 12.5. The highest BCUT2D eigenvalue weighted by molar-refractivity contribution is 6.42. The Labute approximate surface area is 193 Å². The number of hydrogen-bond donors (Lipinski definition) is 2. The Hall–Kier alpha value is -2.16. The predicted molar refractivity (Wildman–Crippen MR) is 123 cm³/mol. The fourth-order valence-electron chi connectivity index (χ4n) is 3.88. The van der Waals surface area contributed by atoms with Gasteiger partial charge in [0.25, 0.3) is 5.91 Å². The molecule has 2 N–H and O–H groups in total. The van der Waals surface area contributed by atoms with Crippen molar-refractivity contribution in [2.24, 2.45) is 0 Å². The molecule has 2 aliphatic rings. The highest BCUT2D eigenvalue weighted by Gasteiger charge is 2.37. The number of phenolic OH excluding ortho intramolecular Hbond substituents is 1. The number of amides is 2. The summed E-state index contributed by atoms with van der Waals surface area (Å²) in [5.41, 5.74) is 1.08. The summed E-state index contributed by atoms with van der Waals surface area (Å²) < 4.78 is 0. The van der Waals surface area contributed by atoms with Crippen molar-refractivity contribution >= 4 is 40.7 Å². The SMILES string of the molecule is C/C=C(\C(=O)N1CC(N2CCN(C(=O)CNc3cc(Cl)c(Cl)cc3O)CC2)C1)N(C)C. The van der Waals surface area contributed by atoms with Crippen LogP contribution in [0.4, 0.5) is 5.69 Å². The first kappa shape index (κ1) is 23.5. The van der Waals surface area contributed by atoms with Crippen LogP contribution in [0, 0.1) is 0 Å². The molecule has 0 unspecified atom stereocenters. The Morgan fingerprint density at radius 1 is 1.13 bits per heavy atom. The van der Waals surface area contributed by atoms with Crippen molar-refractivity contribution in [1.29, 1.82) is 0 Å². The number of nitrogens with zero attached hydrogens (tertiary/aromatic N) is 4. The molecule has 0 aliphatic carbocycles. The van der Waals surface area contributed by atoms with Crippen LogP contribution in [0.1, 0.15) is 6.92 Å². The second-order valence-electron chi connectivity index (χ2n) is 7.99. The van der Waals surface area contributed by atoms with Gasteiger partial charge < -0.3 is 25.1 Å². The van der Waals surface area contributed by atoms with E-state index < -0.39 is 0 Å². The topological polar surface area (TPSA) is 79.4 Å². The van der Waals surface area contributed by atoms with E-state index in [4.69, 9.17) is 23.2 Å². The van der Waals surface area contributed by atoms with Crippen molar-refractivity contribution in [3.05, 3.63) is 34.0 Å². The number of likely N-dealkylation sites (N-methyl/N-ethyl adjacent to an activating group) is 1. The number of hydrogen-bond acceptors (Lipinski definition) is 6. The van der Waals surface area contributed by atoms with Crippen LogP contribution in [0.2, 0.25) is 10.0 Å². The molecule has 2 saturated heterocycles. The van der Waals surface area contributed by atoms with Gasteiger partial charge in [-0.2, -0.15) is 0 Å². The average molecular weight is 470 g/mol. The lowest BCUT2D eigenvalue weighted by Crippen LogP contribution is -2.65. The molecule has 31 heavy (non-hydrogen) atoms. The number of phenols is 1. The minimum Gasteiger partial charge on any atom is -0.506 e. The molecule has 2 heterocycles. The summed E-state index contributed by atoms with van der Waals surface area (Å²) in [4.78, 5) is 32.9. The number of anilines is 1. The monoisotopic (exact) mass is 469 g/mol. The maximum Gasteiger partial charge on any atom is 0.269 e. The van der Waals surface area contributed by atoms with Crippen LogP contribution in [-0.2, 0) is 9.59 Å². The first-order valence-corrected chi connectivity index (χ1v) is 11.0. The van der Waals surface area contributed by atoms with Gasteiger partial charge in [0.05, 0.1) is 28.0 Å². The van der Waals surface area contributed by atoms with Crippen LogP contribution >= 0.6 is 23.2 Å². The molecule has 2 amide bonds. The molecule has 0 saturated carbocycles. The van der Waals surface area contributed by atoms with E-state index in [9.17, 15) is 14.7 Å². The molecule has 1 aromatic rings. The molecular weight excluding hydrogens is 441 g/mol. The fourth-order valence-corrected chi connectivity index (χ4v) is 4.21. The lowest BCUT2D eigenvalue weighted by molar-refractivity contribution is -0.137. The van der Waals surface area contributed by atoms with Crippen LogP contribution in [0.25, 0.3) is 0 Å². The van der Waals surface area contributed by atoms with Crippen molar-refractivity contribution in [1.82, 2.24) is 19.6 Å². The van der Waals surface area contributed by atoms with Crippen molar-refractivity contribution < 1.29 is 14.7 Å². The zero-order valence-corrected chi connectivity index (χ0v) is 19.6. The summed E-state index contributed by atoms with van der Waals surface area (Å²) in [5, 5.41) is 13.4. The van der Waals surface area contributed by atoms with Crippen LogP contribution in [0.5, 0.6) is 5.75 Å². The van der Waals surface area contributed by atoms with E-state index in [0.717, 1.165) is 26.2 Å². The van der Waals surface area contributed by atoms with E-state index in [1.807, 2.05) is 41.8 Å². The number of rotatable bonds is 6. The molecule has 170 valence electrons. The largest absolute Gasteiger partial charge is 0.506 e. The normalized spacial score (nSPS) is 18.0. The second kappa shape index (κ2) is 9.97. The zero-order valence-electron chi connectivity index (χ0n) is 18.1. The van der Waals surface area contributed by atoms with Crippen molar-refractivity contribution in [3.8, 4) is 5.75 Å². The van der Waals surface area contributed by atoms with Crippen molar-refractivity contribution in [2.75, 3.05) is 65.2 Å². The van der Waals surface area contributed by atoms with Crippen LogP contribution in [0.15, 0.2) is 23.9 Å². The van der Waals surface area contributed by atoms with Gasteiger partial charge in [0.2, 0.25) is 5.91 Å². The van der Waals surface area contributed by atoms with Gasteiger partial charge in [-0.15, -0.1) is 0 Å². The quantitative estimate of drug-likeness (QED) is 0.489. The number of carbonyl (C=O) groups is 2. The van der Waals surface area contributed by atoms with E-state index in [1.54, 1.807) is 0 Å². The van der Waals surface area contributed by atoms with Crippen LogP contribution < -0.4 is 5.32 Å². The Morgan fingerprint density at radius 2 is 1.74 bits per heavy atom. The van der Waals surface area contributed by atoms with E-state index in [-0.39, 0.29) is 29.1 Å². The second-order valence-corrected chi connectivity index (χ2v) is 8.80. The summed E-state index contributed by atoms with van der Waals surface area (Å²) in [6.45, 7) is 6.20. The third-order valence-electron chi connectivity index (χ3n) is 5.78. The molecule has 2 fully saturated rings. The minimum atomic E-state index is -0.0496. The number of benzene rings is 1. The Kier molecular flexibility index (Phi) is 7.56. The van der Waals surface area contributed by atoms with E-state index >= 15 is 0 Å². The van der Waals surface area contributed by atoms with Gasteiger partial charge in [0.15, 0.2) is 0 Å². The number of allylic oxidation sites excluding steroid dienone is 1. The van der Waals surface area contributed by atoms with Crippen LogP contribution in [-0.4, -0.2) is 102 Å². The molecule has 0 bridgehead atoms. The molecule has 0 radical (unpaired) electrons. The highest BCUT2D eigenvalue weighted by atomic mass is 35.5. The number of carbonyl (C=O) groups excluding carboxylic acids is 2. The number of likely N-dealkylation sites (tertiary alicyclic amines) is 1. The predicted octanol–water partition coefficient (Wildman–Crippen LogP) is 1.93. The summed E-state index contributed by atoms with van der Waals surface area (Å²) in [7, 11) is 3.75. The van der Waals surface area contributed by atoms with E-state index in [1.165, 1.54) is 12.1 Å². The number of piperazine rings is 1. The summed E-state index contributed by atoms with van der Waals surface area (Å²) in [5.74, 6) is -0.0279. The summed E-state index contributed by atoms with van der Waals surface area (Å²) >= 11 is 11.8. The van der Waals surface area contributed by atoms with Gasteiger partial charge in [-0.1, -0.05) is 29.3 Å². The number of aromatic hydroxyl groups is 1. The Balaban J connectivity index is 1.43. The Morgan fingerprint density at radius 3 is 2.32 bits per heavy atom. The van der Waals surface area contributed by atoms with E-state index in [2.05, 4.69) is 10.2 Å². The van der Waals surface area contributed by atoms with Gasteiger partial charge >= 0.3 is 0 Å². The first-order chi connectivity index (χ1) is 14.7. The molecule has 0 aromatic heterocycles. The van der Waals surface area contributed by atoms with Gasteiger partial charge in [-0.05, 0) is 13.0 Å². The van der Waals surface area contributed by atoms with Gasteiger partial charge in [-0.25, -0.2) is 0 Å². The van der Waals surface area contributed by atoms with Crippen molar-refractivity contribution in [3.63, 3.8) is 0 Å². The fraction of sp³-hybridized carbons (Fsp3) is 0.524.